The van der Waals surface area contributed by atoms with Crippen LogP contribution in [0.25, 0.3) is 0 Å². The molecule has 0 N–H and O–H groups in total. The Kier molecular flexibility index (Phi) is 1.27. The summed E-state index contributed by atoms with van der Waals surface area (Å²) in [4.78, 5) is 10.5. The van der Waals surface area contributed by atoms with Crippen LogP contribution in [0.5, 0.6) is 0 Å². The summed E-state index contributed by atoms with van der Waals surface area (Å²) < 4.78 is 4.66. The van der Waals surface area contributed by atoms with Crippen LogP contribution in [-0.4, -0.2) is 5.97 Å². The molecule has 0 aliphatic carbocycles. The van der Waals surface area contributed by atoms with Crippen LogP contribution < -0.4 is 0 Å². The van der Waals surface area contributed by atoms with Gasteiger partial charge in [-0.15, -0.1) is 6.42 Å². The van der Waals surface area contributed by atoms with Gasteiger partial charge in [-0.2, -0.15) is 0 Å². The van der Waals surface area contributed by atoms with Crippen LogP contribution in [0.2, 0.25) is 0 Å². The minimum absolute atomic E-state index is 0.250. The van der Waals surface area contributed by atoms with Crippen molar-refractivity contribution in [2.75, 3.05) is 0 Å². The first-order valence-corrected chi connectivity index (χ1v) is 2.61. The molecule has 0 bridgehead atoms. The molecule has 0 aromatic heterocycles. The van der Waals surface area contributed by atoms with Gasteiger partial charge in [0.1, 0.15) is 5.76 Å². The number of hydrogen-bond acceptors (Lipinski definition) is 2. The molecule has 1 rings (SSSR count). The number of terminal acetylenes is 1. The van der Waals surface area contributed by atoms with Crippen LogP contribution in [0, 0.1) is 12.3 Å². The topological polar surface area (TPSA) is 26.3 Å². The highest BCUT2D eigenvalue weighted by Crippen LogP contribution is 2.17. The van der Waals surface area contributed by atoms with E-state index in [4.69, 9.17) is 6.42 Å². The van der Waals surface area contributed by atoms with Crippen molar-refractivity contribution in [2.24, 2.45) is 0 Å². The van der Waals surface area contributed by atoms with Crippen LogP contribution in [0.4, 0.5) is 0 Å². The first kappa shape index (κ1) is 5.90. The lowest BCUT2D eigenvalue weighted by Crippen LogP contribution is -1.91. The third-order valence-corrected chi connectivity index (χ3v) is 1.19. The number of carbonyl (C=O) groups excluding carboxylic acids is 1. The van der Waals surface area contributed by atoms with Crippen molar-refractivity contribution in [2.45, 2.75) is 13.3 Å². The van der Waals surface area contributed by atoms with Gasteiger partial charge >= 0.3 is 5.97 Å². The molecule has 1 heterocycles. The highest BCUT2D eigenvalue weighted by molar-refractivity contribution is 5.78. The molecule has 0 saturated heterocycles. The average molecular weight is 122 g/mol. The Morgan fingerprint density at radius 3 is 2.67 bits per heavy atom. The predicted molar refractivity (Wildman–Crippen MR) is 32.2 cm³/mol. The maximum Gasteiger partial charge on any atom is 0.316 e. The summed E-state index contributed by atoms with van der Waals surface area (Å²) in [7, 11) is 0. The molecular weight excluding hydrogens is 116 g/mol. The largest absolute Gasteiger partial charge is 0.430 e. The van der Waals surface area contributed by atoms with Crippen molar-refractivity contribution in [3.8, 4) is 12.3 Å². The van der Waals surface area contributed by atoms with E-state index in [0.29, 0.717) is 11.3 Å². The zero-order valence-electron chi connectivity index (χ0n) is 5.10. The van der Waals surface area contributed by atoms with Gasteiger partial charge in [0, 0.05) is 0 Å². The van der Waals surface area contributed by atoms with Crippen LogP contribution in [0.1, 0.15) is 13.3 Å². The normalized spacial score (nSPS) is 17.6. The molecule has 0 atom stereocenters. The van der Waals surface area contributed by atoms with E-state index in [1.54, 1.807) is 6.92 Å². The molecule has 0 amide bonds. The van der Waals surface area contributed by atoms with E-state index in [0.717, 1.165) is 0 Å². The van der Waals surface area contributed by atoms with Gasteiger partial charge in [0.25, 0.3) is 0 Å². The molecule has 9 heavy (non-hydrogen) atoms. The minimum Gasteiger partial charge on any atom is -0.430 e. The van der Waals surface area contributed by atoms with E-state index in [1.807, 2.05) is 0 Å². The third kappa shape index (κ3) is 0.945. The molecule has 46 valence electrons. The van der Waals surface area contributed by atoms with E-state index in [1.165, 1.54) is 0 Å². The number of rotatable bonds is 0. The second-order valence-corrected chi connectivity index (χ2v) is 1.83. The average Bonchev–Trinajstić information content (AvgIpc) is 2.10. The lowest BCUT2D eigenvalue weighted by Gasteiger charge is -1.88. The van der Waals surface area contributed by atoms with Gasteiger partial charge in [-0.3, -0.25) is 4.79 Å². The molecule has 0 radical (unpaired) electrons. The van der Waals surface area contributed by atoms with E-state index in [-0.39, 0.29) is 12.4 Å². The fraction of sp³-hybridized carbons (Fsp3) is 0.286. The van der Waals surface area contributed by atoms with Crippen molar-refractivity contribution in [3.05, 3.63) is 11.3 Å². The molecule has 2 nitrogen and oxygen atoms in total. The van der Waals surface area contributed by atoms with Gasteiger partial charge in [0.2, 0.25) is 0 Å². The Balaban J connectivity index is 2.84. The Bertz CT molecular complexity index is 218. The van der Waals surface area contributed by atoms with Gasteiger partial charge in [-0.25, -0.2) is 0 Å². The first-order valence-electron chi connectivity index (χ1n) is 2.61. The predicted octanol–water partition coefficient (Wildman–Crippen LogP) is 0.841. The molecule has 0 aromatic carbocycles. The third-order valence-electron chi connectivity index (χ3n) is 1.19. The SMILES string of the molecule is C#CC1=C(C)OC(=O)C1. The van der Waals surface area contributed by atoms with Crippen molar-refractivity contribution in [1.29, 1.82) is 0 Å². The molecule has 1 aliphatic rings. The second kappa shape index (κ2) is 1.94. The monoisotopic (exact) mass is 122 g/mol. The first-order chi connectivity index (χ1) is 4.24. The number of esters is 1. The molecule has 0 aromatic rings. The van der Waals surface area contributed by atoms with Crippen LogP contribution in [0.15, 0.2) is 11.3 Å². The van der Waals surface area contributed by atoms with Crippen molar-refractivity contribution in [3.63, 3.8) is 0 Å². The number of cyclic esters (lactones) is 1. The lowest BCUT2D eigenvalue weighted by atomic mass is 10.2. The Morgan fingerprint density at radius 2 is 2.44 bits per heavy atom. The van der Waals surface area contributed by atoms with E-state index in [2.05, 4.69) is 10.7 Å². The van der Waals surface area contributed by atoms with Gasteiger partial charge in [-0.05, 0) is 6.92 Å². The maximum absolute atomic E-state index is 10.5. The molecule has 0 unspecified atom stereocenters. The van der Waals surface area contributed by atoms with Gasteiger partial charge in [-0.1, -0.05) is 5.92 Å². The number of allylic oxidation sites excluding steroid dienone is 1. The zero-order valence-corrected chi connectivity index (χ0v) is 5.10. The summed E-state index contributed by atoms with van der Waals surface area (Å²) in [6, 6.07) is 0. The highest BCUT2D eigenvalue weighted by Gasteiger charge is 2.17. The maximum atomic E-state index is 10.5. The molecule has 0 spiro atoms. The zero-order chi connectivity index (χ0) is 6.85. The second-order valence-electron chi connectivity index (χ2n) is 1.83. The van der Waals surface area contributed by atoms with E-state index >= 15 is 0 Å². The van der Waals surface area contributed by atoms with Crippen LogP contribution in [-0.2, 0) is 9.53 Å². The fourth-order valence-corrected chi connectivity index (χ4v) is 0.690. The Morgan fingerprint density at radius 1 is 1.78 bits per heavy atom. The number of carbonyl (C=O) groups is 1. The summed E-state index contributed by atoms with van der Waals surface area (Å²) in [5, 5.41) is 0. The van der Waals surface area contributed by atoms with Gasteiger partial charge < -0.3 is 4.74 Å². The van der Waals surface area contributed by atoms with Crippen molar-refractivity contribution < 1.29 is 9.53 Å². The summed E-state index contributed by atoms with van der Waals surface area (Å²) in [6.07, 6.45) is 5.31. The minimum atomic E-state index is -0.250. The summed E-state index contributed by atoms with van der Waals surface area (Å²) in [5.74, 6) is 2.70. The fourth-order valence-electron chi connectivity index (χ4n) is 0.690. The number of ether oxygens (including phenoxy) is 1. The van der Waals surface area contributed by atoms with Crippen molar-refractivity contribution in [1.82, 2.24) is 0 Å². The van der Waals surface area contributed by atoms with Crippen LogP contribution in [0.3, 0.4) is 0 Å². The molecule has 0 fully saturated rings. The Labute approximate surface area is 53.5 Å². The molecular formula is C7H6O2. The molecule has 0 saturated carbocycles. The van der Waals surface area contributed by atoms with E-state index in [9.17, 15) is 4.79 Å². The van der Waals surface area contributed by atoms with Crippen molar-refractivity contribution >= 4 is 5.97 Å². The van der Waals surface area contributed by atoms with E-state index < -0.39 is 0 Å². The standard InChI is InChI=1S/C7H6O2/c1-3-6-4-7(8)9-5(6)2/h1H,4H2,2H3. The van der Waals surface area contributed by atoms with Crippen LogP contribution >= 0.6 is 0 Å². The highest BCUT2D eigenvalue weighted by atomic mass is 16.5. The molecule has 1 aliphatic heterocycles. The quantitative estimate of drug-likeness (QED) is 0.351. The molecule has 2 heteroatoms. The van der Waals surface area contributed by atoms with Gasteiger partial charge in [0.05, 0.1) is 12.0 Å². The lowest BCUT2D eigenvalue weighted by molar-refractivity contribution is -0.136. The Hall–Kier alpha value is -1.23. The summed E-state index contributed by atoms with van der Waals surface area (Å²) in [6.45, 7) is 1.69. The summed E-state index contributed by atoms with van der Waals surface area (Å²) >= 11 is 0. The smallest absolute Gasteiger partial charge is 0.316 e. The number of hydrogen-bond donors (Lipinski definition) is 0. The van der Waals surface area contributed by atoms with Gasteiger partial charge in [0.15, 0.2) is 0 Å². The summed E-state index contributed by atoms with van der Waals surface area (Å²) in [5.41, 5.74) is 0.667.